The molecule has 3 nitrogen and oxygen atoms in total. The molecule has 112 valence electrons. The van der Waals surface area contributed by atoms with Crippen molar-refractivity contribution in [1.29, 1.82) is 5.26 Å². The van der Waals surface area contributed by atoms with Crippen molar-refractivity contribution in [3.63, 3.8) is 0 Å². The Morgan fingerprint density at radius 2 is 1.86 bits per heavy atom. The van der Waals surface area contributed by atoms with Crippen molar-refractivity contribution in [2.24, 2.45) is 0 Å². The van der Waals surface area contributed by atoms with Crippen LogP contribution in [0.2, 0.25) is 0 Å². The molecular weight excluding hydrogens is 272 g/mol. The van der Waals surface area contributed by atoms with Crippen molar-refractivity contribution in [2.45, 2.75) is 19.8 Å². The minimum atomic E-state index is 0.134. The highest BCUT2D eigenvalue weighted by Gasteiger charge is 2.10. The van der Waals surface area contributed by atoms with Crippen molar-refractivity contribution < 1.29 is 4.79 Å². The van der Waals surface area contributed by atoms with E-state index in [2.05, 4.69) is 17.0 Å². The molecule has 0 atom stereocenters. The van der Waals surface area contributed by atoms with Gasteiger partial charge in [0.05, 0.1) is 12.5 Å². The second kappa shape index (κ2) is 7.99. The van der Waals surface area contributed by atoms with E-state index in [-0.39, 0.29) is 5.78 Å². The van der Waals surface area contributed by atoms with Crippen LogP contribution in [0.15, 0.2) is 54.6 Å². The topological polar surface area (TPSA) is 44.1 Å². The number of hydrogen-bond acceptors (Lipinski definition) is 3. The number of anilines is 1. The van der Waals surface area contributed by atoms with E-state index in [1.807, 2.05) is 55.5 Å². The van der Waals surface area contributed by atoms with Gasteiger partial charge in [-0.3, -0.25) is 4.79 Å². The maximum atomic E-state index is 12.2. The van der Waals surface area contributed by atoms with Gasteiger partial charge in [0.25, 0.3) is 0 Å². The number of hydrogen-bond donors (Lipinski definition) is 0. The third kappa shape index (κ3) is 4.46. The first-order valence-corrected chi connectivity index (χ1v) is 7.47. The van der Waals surface area contributed by atoms with Gasteiger partial charge in [-0.15, -0.1) is 0 Å². The third-order valence-corrected chi connectivity index (χ3v) is 3.56. The summed E-state index contributed by atoms with van der Waals surface area (Å²) < 4.78 is 0. The predicted octanol–water partition coefficient (Wildman–Crippen LogP) is 3.99. The van der Waals surface area contributed by atoms with Gasteiger partial charge in [0.15, 0.2) is 5.78 Å². The van der Waals surface area contributed by atoms with Gasteiger partial charge >= 0.3 is 0 Å². The number of nitrogens with zero attached hydrogens (tertiary/aromatic N) is 2. The van der Waals surface area contributed by atoms with Crippen LogP contribution in [0.5, 0.6) is 0 Å². The standard InChI is InChI=1S/C19H20N2O/c1-16-7-5-10-18(15-16)21(13-6-12-20)14-11-19(22)17-8-3-2-4-9-17/h2-5,7-10,15H,6,11,13-14H2,1H3. The number of carbonyl (C=O) groups excluding carboxylic acids is 1. The highest BCUT2D eigenvalue weighted by Crippen LogP contribution is 2.17. The van der Waals surface area contributed by atoms with Gasteiger partial charge < -0.3 is 4.90 Å². The van der Waals surface area contributed by atoms with Gasteiger partial charge in [-0.2, -0.15) is 5.26 Å². The molecule has 3 heteroatoms. The summed E-state index contributed by atoms with van der Waals surface area (Å²) in [5.74, 6) is 0.134. The number of aryl methyl sites for hydroxylation is 1. The minimum absolute atomic E-state index is 0.134. The van der Waals surface area contributed by atoms with Gasteiger partial charge in [-0.1, -0.05) is 42.5 Å². The zero-order valence-corrected chi connectivity index (χ0v) is 12.8. The monoisotopic (exact) mass is 292 g/mol. The lowest BCUT2D eigenvalue weighted by molar-refractivity contribution is 0.0984. The quantitative estimate of drug-likeness (QED) is 0.725. The summed E-state index contributed by atoms with van der Waals surface area (Å²) in [5, 5.41) is 8.83. The fourth-order valence-electron chi connectivity index (χ4n) is 2.38. The number of carbonyl (C=O) groups is 1. The molecule has 0 heterocycles. The molecule has 0 aliphatic carbocycles. The van der Waals surface area contributed by atoms with Crippen LogP contribution in [-0.4, -0.2) is 18.9 Å². The van der Waals surface area contributed by atoms with E-state index >= 15 is 0 Å². The van der Waals surface area contributed by atoms with E-state index in [0.717, 1.165) is 11.3 Å². The molecule has 0 amide bonds. The van der Waals surface area contributed by atoms with Crippen LogP contribution in [0.4, 0.5) is 5.69 Å². The Morgan fingerprint density at radius 3 is 2.55 bits per heavy atom. The second-order valence-electron chi connectivity index (χ2n) is 5.27. The summed E-state index contributed by atoms with van der Waals surface area (Å²) in [6.45, 7) is 3.31. The largest absolute Gasteiger partial charge is 0.370 e. The van der Waals surface area contributed by atoms with Crippen molar-refractivity contribution in [3.05, 3.63) is 65.7 Å². The molecule has 0 fully saturated rings. The fraction of sp³-hybridized carbons (Fsp3) is 0.263. The van der Waals surface area contributed by atoms with Crippen LogP contribution in [0.1, 0.15) is 28.8 Å². The van der Waals surface area contributed by atoms with E-state index < -0.39 is 0 Å². The molecule has 2 aromatic rings. The molecule has 0 saturated carbocycles. The molecule has 2 aromatic carbocycles. The number of ketones is 1. The number of benzene rings is 2. The van der Waals surface area contributed by atoms with Crippen LogP contribution >= 0.6 is 0 Å². The van der Waals surface area contributed by atoms with Crippen LogP contribution < -0.4 is 4.90 Å². The Bertz CT molecular complexity index is 659. The summed E-state index contributed by atoms with van der Waals surface area (Å²) in [4.78, 5) is 14.3. The molecule has 0 N–H and O–H groups in total. The van der Waals surface area contributed by atoms with Crippen LogP contribution in [-0.2, 0) is 0 Å². The highest BCUT2D eigenvalue weighted by molar-refractivity contribution is 5.96. The second-order valence-corrected chi connectivity index (χ2v) is 5.27. The molecule has 0 aliphatic heterocycles. The summed E-state index contributed by atoms with van der Waals surface area (Å²) in [7, 11) is 0. The minimum Gasteiger partial charge on any atom is -0.370 e. The lowest BCUT2D eigenvalue weighted by atomic mass is 10.1. The number of nitriles is 1. The summed E-state index contributed by atoms with van der Waals surface area (Å²) in [6, 6.07) is 19.7. The first-order valence-electron chi connectivity index (χ1n) is 7.47. The predicted molar refractivity (Wildman–Crippen MR) is 89.0 cm³/mol. The van der Waals surface area contributed by atoms with E-state index in [4.69, 9.17) is 5.26 Å². The molecule has 22 heavy (non-hydrogen) atoms. The molecule has 2 rings (SSSR count). The zero-order chi connectivity index (χ0) is 15.8. The Hall–Kier alpha value is -2.60. The van der Waals surface area contributed by atoms with E-state index in [1.165, 1.54) is 5.56 Å². The van der Waals surface area contributed by atoms with Crippen LogP contribution in [0.25, 0.3) is 0 Å². The molecule has 0 aromatic heterocycles. The Labute approximate surface area is 131 Å². The summed E-state index contributed by atoms with van der Waals surface area (Å²) >= 11 is 0. The van der Waals surface area contributed by atoms with Crippen molar-refractivity contribution in [2.75, 3.05) is 18.0 Å². The average molecular weight is 292 g/mol. The van der Waals surface area contributed by atoms with Crippen LogP contribution in [0.3, 0.4) is 0 Å². The SMILES string of the molecule is Cc1cccc(N(CCC#N)CCC(=O)c2ccccc2)c1. The summed E-state index contributed by atoms with van der Waals surface area (Å²) in [6.07, 6.45) is 0.900. The van der Waals surface area contributed by atoms with E-state index in [1.54, 1.807) is 0 Å². The number of Topliss-reactive ketones (excluding diaryl/α,β-unsaturated/α-hetero) is 1. The maximum Gasteiger partial charge on any atom is 0.164 e. The Morgan fingerprint density at radius 1 is 1.09 bits per heavy atom. The first-order chi connectivity index (χ1) is 10.7. The zero-order valence-electron chi connectivity index (χ0n) is 12.8. The Kier molecular flexibility index (Phi) is 5.73. The maximum absolute atomic E-state index is 12.2. The molecule has 0 bridgehead atoms. The normalized spacial score (nSPS) is 10.0. The molecule has 0 radical (unpaired) electrons. The molecule has 0 unspecified atom stereocenters. The smallest absolute Gasteiger partial charge is 0.164 e. The fourth-order valence-corrected chi connectivity index (χ4v) is 2.38. The van der Waals surface area contributed by atoms with E-state index in [0.29, 0.717) is 25.9 Å². The summed E-state index contributed by atoms with van der Waals surface area (Å²) in [5.41, 5.74) is 2.98. The van der Waals surface area contributed by atoms with Gasteiger partial charge in [0.1, 0.15) is 0 Å². The molecule has 0 aliphatic rings. The average Bonchev–Trinajstić information content (AvgIpc) is 2.55. The number of rotatable bonds is 7. The Balaban J connectivity index is 2.04. The van der Waals surface area contributed by atoms with Crippen molar-refractivity contribution >= 4 is 11.5 Å². The highest BCUT2D eigenvalue weighted by atomic mass is 16.1. The van der Waals surface area contributed by atoms with Gasteiger partial charge in [-0.05, 0) is 24.6 Å². The van der Waals surface area contributed by atoms with Gasteiger partial charge in [0, 0.05) is 30.8 Å². The van der Waals surface area contributed by atoms with E-state index in [9.17, 15) is 4.79 Å². The molecule has 0 spiro atoms. The lowest BCUT2D eigenvalue weighted by Crippen LogP contribution is -2.27. The molecular formula is C19H20N2O. The van der Waals surface area contributed by atoms with Crippen molar-refractivity contribution in [1.82, 2.24) is 0 Å². The molecule has 0 saturated heterocycles. The lowest BCUT2D eigenvalue weighted by Gasteiger charge is -2.24. The van der Waals surface area contributed by atoms with Gasteiger partial charge in [-0.25, -0.2) is 0 Å². The van der Waals surface area contributed by atoms with Crippen LogP contribution in [0, 0.1) is 18.3 Å². The van der Waals surface area contributed by atoms with Gasteiger partial charge in [0.2, 0.25) is 0 Å². The first kappa shape index (κ1) is 15.8. The third-order valence-electron chi connectivity index (χ3n) is 3.56. The van der Waals surface area contributed by atoms with Crippen molar-refractivity contribution in [3.8, 4) is 6.07 Å².